The molecular formula is C18H21FO2. The third-order valence-corrected chi connectivity index (χ3v) is 4.74. The first-order chi connectivity index (χ1) is 10.3. The Morgan fingerprint density at radius 3 is 2.90 bits per heavy atom. The van der Waals surface area contributed by atoms with Gasteiger partial charge in [0.25, 0.3) is 0 Å². The maximum atomic E-state index is 13.3. The predicted octanol–water partition coefficient (Wildman–Crippen LogP) is 3.37. The van der Waals surface area contributed by atoms with Gasteiger partial charge in [0.1, 0.15) is 11.6 Å². The SMILES string of the molecule is OCCC#Cc1cc(F)ccc1OCC1CC2CCC1C2. The van der Waals surface area contributed by atoms with Crippen molar-refractivity contribution >= 4 is 0 Å². The number of ether oxygens (including phenoxy) is 1. The molecule has 3 heteroatoms. The van der Waals surface area contributed by atoms with Crippen molar-refractivity contribution in [1.29, 1.82) is 0 Å². The van der Waals surface area contributed by atoms with Crippen LogP contribution in [0.4, 0.5) is 4.39 Å². The van der Waals surface area contributed by atoms with Crippen LogP contribution in [0.5, 0.6) is 5.75 Å². The molecule has 2 bridgehead atoms. The van der Waals surface area contributed by atoms with Crippen molar-refractivity contribution in [2.45, 2.75) is 32.1 Å². The van der Waals surface area contributed by atoms with E-state index in [2.05, 4.69) is 11.8 Å². The van der Waals surface area contributed by atoms with Gasteiger partial charge < -0.3 is 9.84 Å². The summed E-state index contributed by atoms with van der Waals surface area (Å²) in [5.41, 5.74) is 0.576. The quantitative estimate of drug-likeness (QED) is 0.861. The Kier molecular flexibility index (Phi) is 4.45. The molecule has 1 aromatic rings. The third-order valence-electron chi connectivity index (χ3n) is 4.74. The number of hydrogen-bond donors (Lipinski definition) is 1. The maximum absolute atomic E-state index is 13.3. The van der Waals surface area contributed by atoms with Crippen LogP contribution in [0.1, 0.15) is 37.7 Å². The van der Waals surface area contributed by atoms with Gasteiger partial charge in [-0.3, -0.25) is 0 Å². The molecule has 0 aliphatic heterocycles. The topological polar surface area (TPSA) is 29.5 Å². The molecule has 3 rings (SSSR count). The Balaban J connectivity index is 1.66. The van der Waals surface area contributed by atoms with Crippen molar-refractivity contribution in [1.82, 2.24) is 0 Å². The monoisotopic (exact) mass is 288 g/mol. The van der Waals surface area contributed by atoms with Crippen molar-refractivity contribution < 1.29 is 14.2 Å². The normalized spacial score (nSPS) is 26.5. The van der Waals surface area contributed by atoms with Gasteiger partial charge in [0.2, 0.25) is 0 Å². The first kappa shape index (κ1) is 14.4. The van der Waals surface area contributed by atoms with E-state index in [-0.39, 0.29) is 12.4 Å². The second-order valence-electron chi connectivity index (χ2n) is 6.16. The second kappa shape index (κ2) is 6.49. The largest absolute Gasteiger partial charge is 0.492 e. The minimum atomic E-state index is -0.310. The van der Waals surface area contributed by atoms with E-state index in [1.807, 2.05) is 0 Å². The van der Waals surface area contributed by atoms with Gasteiger partial charge in [0, 0.05) is 6.42 Å². The molecule has 112 valence electrons. The first-order valence-corrected chi connectivity index (χ1v) is 7.78. The Morgan fingerprint density at radius 2 is 2.19 bits per heavy atom. The highest BCUT2D eigenvalue weighted by Crippen LogP contribution is 2.48. The molecule has 1 aromatic carbocycles. The molecule has 0 aromatic heterocycles. The maximum Gasteiger partial charge on any atom is 0.135 e. The van der Waals surface area contributed by atoms with E-state index >= 15 is 0 Å². The van der Waals surface area contributed by atoms with E-state index in [4.69, 9.17) is 9.84 Å². The average Bonchev–Trinajstić information content (AvgIpc) is 3.09. The van der Waals surface area contributed by atoms with Crippen LogP contribution in [0.15, 0.2) is 18.2 Å². The minimum absolute atomic E-state index is 0.0175. The van der Waals surface area contributed by atoms with Gasteiger partial charge in [-0.2, -0.15) is 0 Å². The van der Waals surface area contributed by atoms with Gasteiger partial charge in [0.05, 0.1) is 18.8 Å². The minimum Gasteiger partial charge on any atom is -0.492 e. The smallest absolute Gasteiger partial charge is 0.135 e. The molecule has 0 heterocycles. The number of aliphatic hydroxyl groups is 1. The lowest BCUT2D eigenvalue weighted by atomic mass is 9.89. The van der Waals surface area contributed by atoms with E-state index in [0.717, 1.165) is 11.8 Å². The van der Waals surface area contributed by atoms with Crippen molar-refractivity contribution in [3.8, 4) is 17.6 Å². The molecular weight excluding hydrogens is 267 g/mol. The Bertz CT molecular complexity index is 558. The molecule has 3 atom stereocenters. The summed E-state index contributed by atoms with van der Waals surface area (Å²) < 4.78 is 19.3. The van der Waals surface area contributed by atoms with Gasteiger partial charge in [-0.1, -0.05) is 18.3 Å². The number of fused-ring (bicyclic) bond motifs is 2. The van der Waals surface area contributed by atoms with Crippen LogP contribution in [-0.2, 0) is 0 Å². The lowest BCUT2D eigenvalue weighted by molar-refractivity contribution is 0.195. The molecule has 21 heavy (non-hydrogen) atoms. The van der Waals surface area contributed by atoms with Crippen molar-refractivity contribution in [2.24, 2.45) is 17.8 Å². The van der Waals surface area contributed by atoms with Gasteiger partial charge in [-0.25, -0.2) is 4.39 Å². The fraction of sp³-hybridized carbons (Fsp3) is 0.556. The third kappa shape index (κ3) is 3.39. The summed E-state index contributed by atoms with van der Waals surface area (Å²) >= 11 is 0. The summed E-state index contributed by atoms with van der Waals surface area (Å²) in [5.74, 6) is 8.43. The zero-order valence-corrected chi connectivity index (χ0v) is 12.1. The van der Waals surface area contributed by atoms with E-state index in [1.165, 1.54) is 37.8 Å². The van der Waals surface area contributed by atoms with Gasteiger partial charge in [-0.05, 0) is 55.2 Å². The molecule has 2 saturated carbocycles. The summed E-state index contributed by atoms with van der Waals surface area (Å²) in [6, 6.07) is 4.47. The average molecular weight is 288 g/mol. The van der Waals surface area contributed by atoms with Crippen molar-refractivity contribution in [3.05, 3.63) is 29.6 Å². The van der Waals surface area contributed by atoms with Gasteiger partial charge >= 0.3 is 0 Å². The van der Waals surface area contributed by atoms with E-state index in [1.54, 1.807) is 6.07 Å². The molecule has 2 fully saturated rings. The Morgan fingerprint density at radius 1 is 1.29 bits per heavy atom. The highest BCUT2D eigenvalue weighted by Gasteiger charge is 2.39. The van der Waals surface area contributed by atoms with E-state index in [0.29, 0.717) is 30.3 Å². The van der Waals surface area contributed by atoms with Crippen LogP contribution >= 0.6 is 0 Å². The zero-order valence-electron chi connectivity index (χ0n) is 12.1. The Hall–Kier alpha value is -1.53. The van der Waals surface area contributed by atoms with Crippen LogP contribution in [0, 0.1) is 35.4 Å². The van der Waals surface area contributed by atoms with E-state index < -0.39 is 0 Å². The summed E-state index contributed by atoms with van der Waals surface area (Å²) in [7, 11) is 0. The summed E-state index contributed by atoms with van der Waals surface area (Å²) in [6.45, 7) is 0.727. The lowest BCUT2D eigenvalue weighted by Gasteiger charge is -2.22. The van der Waals surface area contributed by atoms with E-state index in [9.17, 15) is 4.39 Å². The molecule has 2 nitrogen and oxygen atoms in total. The lowest BCUT2D eigenvalue weighted by Crippen LogP contribution is -2.18. The molecule has 1 N–H and O–H groups in total. The van der Waals surface area contributed by atoms with Crippen LogP contribution < -0.4 is 4.74 Å². The fourth-order valence-corrected chi connectivity index (χ4v) is 3.72. The summed E-state index contributed by atoms with van der Waals surface area (Å²) in [4.78, 5) is 0. The highest BCUT2D eigenvalue weighted by molar-refractivity contribution is 5.46. The summed E-state index contributed by atoms with van der Waals surface area (Å²) in [5, 5.41) is 8.77. The highest BCUT2D eigenvalue weighted by atomic mass is 19.1. The van der Waals surface area contributed by atoms with Crippen molar-refractivity contribution in [2.75, 3.05) is 13.2 Å². The summed E-state index contributed by atoms with van der Waals surface area (Å²) in [6.07, 6.45) is 5.75. The number of hydrogen-bond acceptors (Lipinski definition) is 2. The van der Waals surface area contributed by atoms with Crippen LogP contribution in [0.25, 0.3) is 0 Å². The van der Waals surface area contributed by atoms with Gasteiger partial charge in [0.15, 0.2) is 0 Å². The Labute approximate surface area is 125 Å². The predicted molar refractivity (Wildman–Crippen MR) is 79.4 cm³/mol. The molecule has 0 saturated heterocycles. The molecule has 2 aliphatic rings. The van der Waals surface area contributed by atoms with Crippen LogP contribution in [0.2, 0.25) is 0 Å². The number of halogens is 1. The van der Waals surface area contributed by atoms with Crippen LogP contribution in [-0.4, -0.2) is 18.3 Å². The molecule has 0 spiro atoms. The molecule has 0 radical (unpaired) electrons. The number of rotatable bonds is 4. The first-order valence-electron chi connectivity index (χ1n) is 7.78. The standard InChI is InChI=1S/C18H21FO2/c19-17-6-7-18(15(11-17)3-1-2-8-20)21-12-16-10-13-4-5-14(16)9-13/h6-7,11,13-14,16,20H,2,4-5,8-10,12H2. The molecule has 3 unspecified atom stereocenters. The second-order valence-corrected chi connectivity index (χ2v) is 6.16. The number of aliphatic hydroxyl groups excluding tert-OH is 1. The fourth-order valence-electron chi connectivity index (χ4n) is 3.72. The number of benzene rings is 1. The van der Waals surface area contributed by atoms with Crippen LogP contribution in [0.3, 0.4) is 0 Å². The van der Waals surface area contributed by atoms with Crippen molar-refractivity contribution in [3.63, 3.8) is 0 Å². The zero-order chi connectivity index (χ0) is 14.7. The molecule has 2 aliphatic carbocycles. The van der Waals surface area contributed by atoms with Gasteiger partial charge in [-0.15, -0.1) is 0 Å². The molecule has 0 amide bonds.